The average Bonchev–Trinajstić information content (AvgIpc) is 3.28. The summed E-state index contributed by atoms with van der Waals surface area (Å²) in [4.78, 5) is 23.9. The Kier molecular flexibility index (Phi) is 4.76. The van der Waals surface area contributed by atoms with Gasteiger partial charge in [0, 0.05) is 12.1 Å². The zero-order chi connectivity index (χ0) is 19.5. The molecule has 0 saturated heterocycles. The molecule has 0 saturated carbocycles. The standard InChI is InChI=1S/C20H17N3O5/c1-13-5-4-6-14(11-13)19-22-21-17(28-19)12-26-18(24)9-10-23-15-7-2-3-8-16(15)27-20(23)25/h2-8,11H,9-10,12H2,1H3. The van der Waals surface area contributed by atoms with E-state index in [1.807, 2.05) is 31.2 Å². The fourth-order valence-corrected chi connectivity index (χ4v) is 2.85. The van der Waals surface area contributed by atoms with Gasteiger partial charge in [-0.05, 0) is 31.2 Å². The smallest absolute Gasteiger partial charge is 0.419 e. The van der Waals surface area contributed by atoms with Gasteiger partial charge in [0.2, 0.25) is 5.89 Å². The Morgan fingerprint density at radius 2 is 1.96 bits per heavy atom. The lowest BCUT2D eigenvalue weighted by molar-refractivity contribution is -0.145. The SMILES string of the molecule is Cc1cccc(-c2nnc(COC(=O)CCn3c(=O)oc4ccccc43)o2)c1. The molecule has 2 aromatic carbocycles. The third-order valence-corrected chi connectivity index (χ3v) is 4.20. The lowest BCUT2D eigenvalue weighted by atomic mass is 10.1. The van der Waals surface area contributed by atoms with Crippen molar-refractivity contribution in [2.24, 2.45) is 0 Å². The number of rotatable bonds is 6. The summed E-state index contributed by atoms with van der Waals surface area (Å²) in [6.45, 7) is 2.00. The Labute approximate surface area is 159 Å². The third kappa shape index (κ3) is 3.71. The first kappa shape index (κ1) is 17.7. The lowest BCUT2D eigenvalue weighted by Gasteiger charge is -2.03. The minimum Gasteiger partial charge on any atom is -0.456 e. The number of hydrogen-bond acceptors (Lipinski definition) is 7. The zero-order valence-corrected chi connectivity index (χ0v) is 15.1. The molecule has 0 aliphatic rings. The van der Waals surface area contributed by atoms with Crippen LogP contribution in [0.1, 0.15) is 17.9 Å². The van der Waals surface area contributed by atoms with Gasteiger partial charge in [-0.1, -0.05) is 29.8 Å². The molecule has 0 spiro atoms. The second kappa shape index (κ2) is 7.51. The molecule has 0 unspecified atom stereocenters. The van der Waals surface area contributed by atoms with Crippen molar-refractivity contribution in [3.8, 4) is 11.5 Å². The number of aryl methyl sites for hydroxylation is 2. The Bertz CT molecular complexity index is 1190. The van der Waals surface area contributed by atoms with Crippen LogP contribution in [0, 0.1) is 6.92 Å². The van der Waals surface area contributed by atoms with E-state index in [1.54, 1.807) is 24.3 Å². The van der Waals surface area contributed by atoms with Crippen LogP contribution in [0.15, 0.2) is 62.2 Å². The van der Waals surface area contributed by atoms with Gasteiger partial charge in [-0.3, -0.25) is 9.36 Å². The normalized spacial score (nSPS) is 11.0. The van der Waals surface area contributed by atoms with Crippen LogP contribution in [0.25, 0.3) is 22.6 Å². The summed E-state index contributed by atoms with van der Waals surface area (Å²) >= 11 is 0. The molecule has 142 valence electrons. The minimum absolute atomic E-state index is 0.0162. The minimum atomic E-state index is -0.506. The molecule has 0 radical (unpaired) electrons. The largest absolute Gasteiger partial charge is 0.456 e. The maximum atomic E-state index is 12.0. The Balaban J connectivity index is 1.35. The maximum Gasteiger partial charge on any atom is 0.419 e. The van der Waals surface area contributed by atoms with Gasteiger partial charge in [-0.2, -0.15) is 0 Å². The van der Waals surface area contributed by atoms with Crippen LogP contribution < -0.4 is 5.76 Å². The first-order valence-electron chi connectivity index (χ1n) is 8.73. The highest BCUT2D eigenvalue weighted by Gasteiger charge is 2.13. The van der Waals surface area contributed by atoms with Crippen molar-refractivity contribution in [3.63, 3.8) is 0 Å². The van der Waals surface area contributed by atoms with Crippen LogP contribution in [0.4, 0.5) is 0 Å². The van der Waals surface area contributed by atoms with Crippen LogP contribution in [-0.2, 0) is 22.7 Å². The summed E-state index contributed by atoms with van der Waals surface area (Å²) < 4.78 is 17.2. The number of carbonyl (C=O) groups excluding carboxylic acids is 1. The summed E-state index contributed by atoms with van der Waals surface area (Å²) in [6.07, 6.45) is 0.0162. The highest BCUT2D eigenvalue weighted by molar-refractivity contribution is 5.73. The summed E-state index contributed by atoms with van der Waals surface area (Å²) in [5.41, 5.74) is 3.00. The van der Waals surface area contributed by atoms with Gasteiger partial charge < -0.3 is 13.6 Å². The average molecular weight is 379 g/mol. The Morgan fingerprint density at radius 3 is 2.82 bits per heavy atom. The number of fused-ring (bicyclic) bond motifs is 1. The van der Waals surface area contributed by atoms with Gasteiger partial charge >= 0.3 is 11.7 Å². The second-order valence-electron chi connectivity index (χ2n) is 6.27. The molecule has 0 bridgehead atoms. The molecule has 0 atom stereocenters. The summed E-state index contributed by atoms with van der Waals surface area (Å²) in [6, 6.07) is 14.7. The van der Waals surface area contributed by atoms with Crippen LogP contribution in [-0.4, -0.2) is 20.7 Å². The predicted octanol–water partition coefficient (Wildman–Crippen LogP) is 3.09. The molecule has 4 aromatic rings. The number of benzene rings is 2. The van der Waals surface area contributed by atoms with Crippen molar-refractivity contribution < 1.29 is 18.4 Å². The van der Waals surface area contributed by atoms with Gasteiger partial charge in [0.05, 0.1) is 11.9 Å². The molecule has 0 amide bonds. The Hall–Kier alpha value is -3.68. The molecule has 0 N–H and O–H groups in total. The number of nitrogens with zero attached hydrogens (tertiary/aromatic N) is 3. The van der Waals surface area contributed by atoms with E-state index in [1.165, 1.54) is 4.57 Å². The molecule has 2 aromatic heterocycles. The first-order valence-corrected chi connectivity index (χ1v) is 8.73. The highest BCUT2D eigenvalue weighted by atomic mass is 16.5. The molecule has 8 nitrogen and oxygen atoms in total. The number of aromatic nitrogens is 3. The van der Waals surface area contributed by atoms with Crippen molar-refractivity contribution in [1.29, 1.82) is 0 Å². The van der Waals surface area contributed by atoms with Crippen LogP contribution in [0.2, 0.25) is 0 Å². The first-order chi connectivity index (χ1) is 13.6. The van der Waals surface area contributed by atoms with Crippen molar-refractivity contribution in [2.75, 3.05) is 0 Å². The highest BCUT2D eigenvalue weighted by Crippen LogP contribution is 2.19. The summed E-state index contributed by atoms with van der Waals surface area (Å²) in [5, 5.41) is 7.87. The molecular formula is C20H17N3O5. The van der Waals surface area contributed by atoms with Crippen LogP contribution in [0.3, 0.4) is 0 Å². The predicted molar refractivity (Wildman–Crippen MR) is 99.4 cm³/mol. The van der Waals surface area contributed by atoms with Crippen LogP contribution in [0.5, 0.6) is 0 Å². The zero-order valence-electron chi connectivity index (χ0n) is 15.1. The topological polar surface area (TPSA) is 100 Å². The molecule has 28 heavy (non-hydrogen) atoms. The molecular weight excluding hydrogens is 362 g/mol. The van der Waals surface area contributed by atoms with E-state index < -0.39 is 11.7 Å². The van der Waals surface area contributed by atoms with Crippen molar-refractivity contribution >= 4 is 17.1 Å². The fourth-order valence-electron chi connectivity index (χ4n) is 2.85. The fraction of sp³-hybridized carbons (Fsp3) is 0.200. The lowest BCUT2D eigenvalue weighted by Crippen LogP contribution is -2.17. The Morgan fingerprint density at radius 1 is 1.11 bits per heavy atom. The summed E-state index contributed by atoms with van der Waals surface area (Å²) in [7, 11) is 0. The van der Waals surface area contributed by atoms with Gasteiger partial charge in [0.25, 0.3) is 5.89 Å². The number of ether oxygens (including phenoxy) is 1. The van der Waals surface area contributed by atoms with Crippen molar-refractivity contribution in [1.82, 2.24) is 14.8 Å². The van der Waals surface area contributed by atoms with E-state index in [-0.39, 0.29) is 25.5 Å². The number of esters is 1. The van der Waals surface area contributed by atoms with Crippen molar-refractivity contribution in [3.05, 3.63) is 70.5 Å². The van der Waals surface area contributed by atoms with Gasteiger partial charge in [-0.15, -0.1) is 10.2 Å². The van der Waals surface area contributed by atoms with Gasteiger partial charge in [0.15, 0.2) is 12.2 Å². The van der Waals surface area contributed by atoms with E-state index in [2.05, 4.69) is 10.2 Å². The molecule has 2 heterocycles. The van der Waals surface area contributed by atoms with Crippen molar-refractivity contribution in [2.45, 2.75) is 26.5 Å². The molecule has 0 aliphatic carbocycles. The van der Waals surface area contributed by atoms with Crippen LogP contribution >= 0.6 is 0 Å². The van der Waals surface area contributed by atoms with Gasteiger partial charge in [-0.25, -0.2) is 4.79 Å². The van der Waals surface area contributed by atoms with E-state index in [0.717, 1.165) is 11.1 Å². The maximum absolute atomic E-state index is 12.0. The quantitative estimate of drug-likeness (QED) is 0.475. The molecule has 0 aliphatic heterocycles. The number of oxazole rings is 1. The number of hydrogen-bond donors (Lipinski definition) is 0. The van der Waals surface area contributed by atoms with E-state index in [0.29, 0.717) is 17.0 Å². The number of carbonyl (C=O) groups is 1. The monoisotopic (exact) mass is 379 g/mol. The van der Waals surface area contributed by atoms with E-state index >= 15 is 0 Å². The summed E-state index contributed by atoms with van der Waals surface area (Å²) in [5.74, 6) is -0.414. The second-order valence-corrected chi connectivity index (χ2v) is 6.27. The molecule has 4 rings (SSSR count). The van der Waals surface area contributed by atoms with E-state index in [9.17, 15) is 9.59 Å². The van der Waals surface area contributed by atoms with E-state index in [4.69, 9.17) is 13.6 Å². The third-order valence-electron chi connectivity index (χ3n) is 4.20. The molecule has 0 fully saturated rings. The molecule has 8 heteroatoms. The van der Waals surface area contributed by atoms with Gasteiger partial charge in [0.1, 0.15) is 0 Å². The number of para-hydroxylation sites is 2.